The molecule has 4 heterocycles. The predicted molar refractivity (Wildman–Crippen MR) is 334 cm³/mol. The monoisotopic (exact) mass is 1420 g/mol. The molecular formula is C48H105N8O23PS7. The second-order valence-corrected chi connectivity index (χ2v) is 25.2. The zero-order chi connectivity index (χ0) is 67.2. The molecule has 0 aromatic rings. The molecule has 0 radical (unpaired) electrons. The van der Waals surface area contributed by atoms with E-state index in [0.29, 0.717) is 52.4 Å². The van der Waals surface area contributed by atoms with Crippen molar-refractivity contribution in [1.82, 2.24) is 40.0 Å². The first-order valence-corrected chi connectivity index (χ1v) is 38.2. The van der Waals surface area contributed by atoms with E-state index >= 15 is 0 Å². The molecule has 0 spiro atoms. The van der Waals surface area contributed by atoms with Crippen molar-refractivity contribution >= 4 is 82.1 Å². The summed E-state index contributed by atoms with van der Waals surface area (Å²) in [6.45, 7) is 34.3. The number of hydrogen-bond acceptors (Lipinski definition) is 30. The van der Waals surface area contributed by atoms with E-state index in [0.717, 1.165) is 124 Å². The van der Waals surface area contributed by atoms with E-state index < -0.39 is 62.7 Å². The second kappa shape index (κ2) is 67.2. The molecule has 0 atom stereocenters. The van der Waals surface area contributed by atoms with Crippen LogP contribution >= 0.6 is 7.58 Å². The number of piperazine rings is 2. The Morgan fingerprint density at radius 1 is 0.460 bits per heavy atom. The highest BCUT2D eigenvalue weighted by molar-refractivity contribution is 7.94. The summed E-state index contributed by atoms with van der Waals surface area (Å²) in [4.78, 5) is 14.4. The summed E-state index contributed by atoms with van der Waals surface area (Å²) in [5.74, 6) is -0.309. The number of β-amino-alcohol motifs (C(OH)–C–C–N with tert-alkyl or cyclic N) is 2. The molecule has 0 aromatic heterocycles. The minimum absolute atomic E-state index is 0.132. The molecule has 0 amide bonds. The molecule has 6 N–H and O–H groups in total. The third-order valence-corrected chi connectivity index (χ3v) is 15.2. The molecule has 0 bridgehead atoms. The highest BCUT2D eigenvalue weighted by Gasteiger charge is 2.17. The molecule has 6 rings (SSSR count). The number of nitrogens with one attached hydrogen (secondary N) is 2. The fraction of sp³-hybridized carbons (Fsp3) is 1.00. The van der Waals surface area contributed by atoms with E-state index in [-0.39, 0.29) is 11.5 Å². The van der Waals surface area contributed by atoms with Crippen LogP contribution in [0.2, 0.25) is 0 Å². The van der Waals surface area contributed by atoms with E-state index in [1.165, 1.54) is 96.9 Å². The molecule has 0 unspecified atom stereocenters. The first kappa shape index (κ1) is 94.0. The maximum Gasteiger partial charge on any atom is 0.425 e. The van der Waals surface area contributed by atoms with Crippen LogP contribution in [-0.2, 0) is 88.5 Å². The number of aliphatic hydroxyl groups excluding tert-OH is 2. The molecule has 2 saturated carbocycles. The van der Waals surface area contributed by atoms with E-state index in [1.807, 2.05) is 0 Å². The number of aliphatic hydroxyl groups is 2. The number of ether oxygens (including phenoxy) is 2. The summed E-state index contributed by atoms with van der Waals surface area (Å²) < 4.78 is 175. The Morgan fingerprint density at radius 3 is 0.989 bits per heavy atom. The van der Waals surface area contributed by atoms with Crippen molar-refractivity contribution in [2.24, 2.45) is 0 Å². The Bertz CT molecular complexity index is 2120. The smallest absolute Gasteiger partial charge is 0.395 e. The third kappa shape index (κ3) is 84.3. The van der Waals surface area contributed by atoms with Gasteiger partial charge in [-0.15, -0.1) is 50.5 Å². The second-order valence-electron chi connectivity index (χ2n) is 19.5. The minimum atomic E-state index is -3.79. The van der Waals surface area contributed by atoms with Crippen LogP contribution in [0.25, 0.3) is 0 Å². The highest BCUT2D eigenvalue weighted by atomic mass is 32.4. The number of hydrogen-bond donors (Lipinski definition) is 6. The predicted octanol–water partition coefficient (Wildman–Crippen LogP) is -0.388. The van der Waals surface area contributed by atoms with Gasteiger partial charge in [-0.25, -0.2) is 0 Å². The molecule has 6 fully saturated rings. The van der Waals surface area contributed by atoms with Crippen molar-refractivity contribution in [3.8, 4) is 0 Å². The first-order chi connectivity index (χ1) is 41.1. The lowest BCUT2D eigenvalue weighted by Gasteiger charge is -2.34. The first-order valence-electron chi connectivity index (χ1n) is 29.1. The number of morpholine rings is 2. The Morgan fingerprint density at radius 2 is 0.724 bits per heavy atom. The molecule has 4 aliphatic heterocycles. The van der Waals surface area contributed by atoms with Gasteiger partial charge in [-0.3, -0.25) is 28.7 Å². The lowest BCUT2D eigenvalue weighted by atomic mass is 9.95. The summed E-state index contributed by atoms with van der Waals surface area (Å²) in [6, 6.07) is 1.01. The molecule has 2 aliphatic carbocycles. The normalized spacial score (nSPS) is 18.0. The minimum Gasteiger partial charge on any atom is -0.395 e. The summed E-state index contributed by atoms with van der Waals surface area (Å²) >= 11 is 4.30. The van der Waals surface area contributed by atoms with Crippen LogP contribution in [0, 0.1) is 0 Å². The van der Waals surface area contributed by atoms with E-state index in [4.69, 9.17) is 79.3 Å². The third-order valence-electron chi connectivity index (χ3n) is 13.0. The molecule has 87 heavy (non-hydrogen) atoms. The Hall–Kier alpha value is -1.70. The fourth-order valence-electron chi connectivity index (χ4n) is 8.79. The van der Waals surface area contributed by atoms with Crippen LogP contribution in [0.5, 0.6) is 0 Å². The number of likely N-dealkylation sites (N-methyl/N-ethyl adjacent to an activating group) is 2. The van der Waals surface area contributed by atoms with Crippen LogP contribution in [0.15, 0.2) is 0 Å². The molecule has 4 saturated heterocycles. The van der Waals surface area contributed by atoms with Crippen molar-refractivity contribution in [2.75, 3.05) is 189 Å². The molecule has 6 aliphatic rings. The molecule has 39 heteroatoms. The van der Waals surface area contributed by atoms with Gasteiger partial charge >= 0.3 is 42.4 Å². The van der Waals surface area contributed by atoms with Crippen LogP contribution in [0.3, 0.4) is 0 Å². The Balaban J connectivity index is -0.000000292. The molecule has 0 aromatic carbocycles. The number of rotatable bonds is 20. The molecule has 522 valence electrons. The van der Waals surface area contributed by atoms with Crippen molar-refractivity contribution in [2.45, 2.75) is 123 Å². The molecular weight excluding hydrogens is 1310 g/mol. The summed E-state index contributed by atoms with van der Waals surface area (Å²) in [5, 5.41) is 23.9. The zero-order valence-corrected chi connectivity index (χ0v) is 58.3. The van der Waals surface area contributed by atoms with E-state index in [9.17, 15) is 16.8 Å². The Labute approximate surface area is 532 Å². The summed E-state index contributed by atoms with van der Waals surface area (Å²) in [6.07, 6.45) is 15.3. The van der Waals surface area contributed by atoms with Gasteiger partial charge in [0.2, 0.25) is 0 Å². The van der Waals surface area contributed by atoms with Crippen LogP contribution in [0.1, 0.15) is 111 Å². The average Bonchev–Trinajstić information content (AvgIpc) is 3.62. The van der Waals surface area contributed by atoms with Crippen molar-refractivity contribution in [3.05, 3.63) is 0 Å². The fourth-order valence-corrected chi connectivity index (χ4v) is 9.67. The summed E-state index contributed by atoms with van der Waals surface area (Å²) in [7, 11) is -17.9. The van der Waals surface area contributed by atoms with E-state index in [2.05, 4.69) is 84.1 Å². The van der Waals surface area contributed by atoms with Crippen molar-refractivity contribution < 1.29 is 101 Å². The van der Waals surface area contributed by atoms with Crippen molar-refractivity contribution in [1.29, 1.82) is 0 Å². The van der Waals surface area contributed by atoms with Gasteiger partial charge in [-0.1, -0.05) is 66.2 Å². The van der Waals surface area contributed by atoms with Gasteiger partial charge < -0.3 is 44.6 Å². The summed E-state index contributed by atoms with van der Waals surface area (Å²) in [5.41, 5.74) is 0. The van der Waals surface area contributed by atoms with Gasteiger partial charge in [0.15, 0.2) is 0 Å². The van der Waals surface area contributed by atoms with Gasteiger partial charge in [0, 0.05) is 117 Å². The van der Waals surface area contributed by atoms with Crippen LogP contribution in [-0.4, -0.2) is 317 Å². The van der Waals surface area contributed by atoms with Gasteiger partial charge in [-0.05, 0) is 89.5 Å². The van der Waals surface area contributed by atoms with E-state index in [1.54, 1.807) is 7.11 Å². The SMILES string of the molecule is CCCN1CCN(CCO)CC1.CCCN1CCOCC1.CCN1CCN(CCO)CC1.CCN1CCOCC1.COP=S.O=S(=O)(O)CCCNC1CCCCC1.O=S(=O)(O)CCNC1CCCCC1.O=S(=O)=O.O=S(=O)=O.O=S(=O)=O.O=S(=O)=O. The maximum atomic E-state index is 10.4. The quantitative estimate of drug-likeness (QED) is 0.0514. The Kier molecular flexibility index (Phi) is 72.6. The topological polar surface area (TPSA) is 425 Å². The van der Waals surface area contributed by atoms with Crippen LogP contribution in [0.4, 0.5) is 0 Å². The highest BCUT2D eigenvalue weighted by Crippen LogP contribution is 2.18. The van der Waals surface area contributed by atoms with Gasteiger partial charge in [0.25, 0.3) is 20.2 Å². The zero-order valence-electron chi connectivity index (χ0n) is 51.7. The maximum absolute atomic E-state index is 10.4. The van der Waals surface area contributed by atoms with Gasteiger partial charge in [0.1, 0.15) is 7.58 Å². The van der Waals surface area contributed by atoms with Gasteiger partial charge in [0.05, 0.1) is 51.1 Å². The standard InChI is InChI=1S/C9H20N2O.C9H19NO3S.C8H18N2O.C8H17NO3S.C7H15NO.C6H13NO.CH3OPS.4O3S/c1-2-3-10-4-6-11(7-5-10)8-9-12;11-14(12,13)8-4-7-10-9-5-2-1-3-6-9;1-2-9-3-5-10(6-4-9)7-8-11;10-13(11,12)7-6-9-8-4-2-1-3-5-8;1-2-3-8-4-6-9-7-5-8;1-2-7-3-5-8-6-4-7;1-2-3-4;4*1-4(2)3/h12H,2-9H2,1H3;9-10H,1-8H2,(H,11,12,13);11H,2-8H2,1H3;8-9H,1-7H2,(H,10,11,12);2-7H2,1H3;2-6H2,1H3;1H3;;;;. The lowest BCUT2D eigenvalue weighted by molar-refractivity contribution is 0.0380. The van der Waals surface area contributed by atoms with Crippen molar-refractivity contribution in [3.63, 3.8) is 0 Å². The van der Waals surface area contributed by atoms with Gasteiger partial charge in [-0.2, -0.15) is 16.8 Å². The number of nitrogens with zero attached hydrogens (tertiary/aromatic N) is 6. The largest absolute Gasteiger partial charge is 0.425 e. The van der Waals surface area contributed by atoms with Crippen LogP contribution < -0.4 is 10.6 Å². The lowest BCUT2D eigenvalue weighted by Crippen LogP contribution is -2.47. The average molecular weight is 1420 g/mol. The molecule has 31 nitrogen and oxygen atoms in total.